The number of ether oxygens (including phenoxy) is 3. The largest absolute Gasteiger partial charge is 0.450 e. The van der Waals surface area contributed by atoms with Gasteiger partial charge in [0.2, 0.25) is 0 Å². The summed E-state index contributed by atoms with van der Waals surface area (Å²) >= 11 is 0. The maximum absolute atomic E-state index is 12.0. The van der Waals surface area contributed by atoms with Crippen molar-refractivity contribution < 1.29 is 29.2 Å². The molecule has 0 saturated carbocycles. The van der Waals surface area contributed by atoms with Crippen LogP contribution in [-0.4, -0.2) is 54.0 Å². The van der Waals surface area contributed by atoms with Gasteiger partial charge in [-0.05, 0) is 19.1 Å². The molecule has 0 radical (unpaired) electrons. The number of carbonyl (C=O) groups is 1. The topological polar surface area (TPSA) is 85.2 Å². The molecule has 1 saturated heterocycles. The van der Waals surface area contributed by atoms with E-state index in [2.05, 4.69) is 0 Å². The van der Waals surface area contributed by atoms with Crippen LogP contribution in [0.25, 0.3) is 0 Å². The van der Waals surface area contributed by atoms with Crippen LogP contribution in [0.3, 0.4) is 0 Å². The Kier molecular flexibility index (Phi) is 4.72. The molecule has 0 spiro atoms. The van der Waals surface area contributed by atoms with Crippen molar-refractivity contribution in [3.8, 4) is 0 Å². The number of hydrogen-bond acceptors (Lipinski definition) is 6. The van der Waals surface area contributed by atoms with Crippen LogP contribution in [0.4, 0.5) is 0 Å². The van der Waals surface area contributed by atoms with Gasteiger partial charge in [0, 0.05) is 7.11 Å². The Bertz CT molecular complexity index is 446. The standard InChI is InChI=1S/C14H18O6/c1-8-10(15)11(16)12(14(18-2)19-8)20-13(17)9-6-4-3-5-7-9/h3-8,10-12,14-16H,1-2H3/t8-,10+,11+,12-,14+/m1/s1. The molecule has 1 heterocycles. The Morgan fingerprint density at radius 3 is 2.45 bits per heavy atom. The van der Waals surface area contributed by atoms with Gasteiger partial charge in [-0.2, -0.15) is 0 Å². The Morgan fingerprint density at radius 1 is 1.20 bits per heavy atom. The molecule has 0 aromatic heterocycles. The van der Waals surface area contributed by atoms with E-state index in [-0.39, 0.29) is 0 Å². The lowest BCUT2D eigenvalue weighted by molar-refractivity contribution is -0.285. The Hall–Kier alpha value is -1.47. The van der Waals surface area contributed by atoms with Crippen molar-refractivity contribution in [2.45, 2.75) is 37.6 Å². The van der Waals surface area contributed by atoms with E-state index in [1.807, 2.05) is 0 Å². The lowest BCUT2D eigenvalue weighted by Gasteiger charge is -2.40. The van der Waals surface area contributed by atoms with E-state index < -0.39 is 36.7 Å². The highest BCUT2D eigenvalue weighted by Crippen LogP contribution is 2.24. The Balaban J connectivity index is 2.11. The van der Waals surface area contributed by atoms with Crippen LogP contribution < -0.4 is 0 Å². The van der Waals surface area contributed by atoms with Crippen molar-refractivity contribution in [2.75, 3.05) is 7.11 Å². The minimum atomic E-state index is -1.27. The summed E-state index contributed by atoms with van der Waals surface area (Å²) in [6.07, 6.45) is -5.03. The van der Waals surface area contributed by atoms with E-state index in [4.69, 9.17) is 14.2 Å². The van der Waals surface area contributed by atoms with Crippen molar-refractivity contribution in [1.82, 2.24) is 0 Å². The quantitative estimate of drug-likeness (QED) is 0.777. The second-order valence-corrected chi connectivity index (χ2v) is 4.66. The van der Waals surface area contributed by atoms with Crippen LogP contribution in [0, 0.1) is 0 Å². The molecule has 0 aliphatic carbocycles. The first-order chi connectivity index (χ1) is 9.54. The number of esters is 1. The van der Waals surface area contributed by atoms with Gasteiger partial charge in [0.25, 0.3) is 0 Å². The summed E-state index contributed by atoms with van der Waals surface area (Å²) in [5, 5.41) is 19.8. The van der Waals surface area contributed by atoms with E-state index in [9.17, 15) is 15.0 Å². The van der Waals surface area contributed by atoms with Crippen LogP contribution >= 0.6 is 0 Å². The van der Waals surface area contributed by atoms with Crippen LogP contribution in [0.1, 0.15) is 17.3 Å². The van der Waals surface area contributed by atoms with Crippen LogP contribution in [0.2, 0.25) is 0 Å². The summed E-state index contributed by atoms with van der Waals surface area (Å²) in [6, 6.07) is 8.38. The maximum Gasteiger partial charge on any atom is 0.338 e. The average molecular weight is 282 g/mol. The van der Waals surface area contributed by atoms with Gasteiger partial charge < -0.3 is 24.4 Å². The van der Waals surface area contributed by atoms with Gasteiger partial charge >= 0.3 is 5.97 Å². The molecule has 0 bridgehead atoms. The molecule has 1 fully saturated rings. The van der Waals surface area contributed by atoms with Gasteiger partial charge in [0.05, 0.1) is 11.7 Å². The molecule has 1 aromatic rings. The zero-order valence-corrected chi connectivity index (χ0v) is 11.3. The molecule has 0 amide bonds. The second kappa shape index (κ2) is 6.32. The summed E-state index contributed by atoms with van der Waals surface area (Å²) < 4.78 is 15.6. The van der Waals surface area contributed by atoms with Crippen LogP contribution in [-0.2, 0) is 14.2 Å². The smallest absolute Gasteiger partial charge is 0.338 e. The number of rotatable bonds is 3. The Labute approximate surface area is 116 Å². The summed E-state index contributed by atoms with van der Waals surface area (Å²) in [5.74, 6) is -0.609. The first kappa shape index (κ1) is 14.9. The third kappa shape index (κ3) is 2.99. The van der Waals surface area contributed by atoms with Crippen molar-refractivity contribution >= 4 is 5.97 Å². The summed E-state index contributed by atoms with van der Waals surface area (Å²) in [4.78, 5) is 12.0. The highest BCUT2D eigenvalue weighted by molar-refractivity contribution is 5.89. The fourth-order valence-electron chi connectivity index (χ4n) is 2.08. The third-order valence-corrected chi connectivity index (χ3v) is 3.27. The number of benzene rings is 1. The van der Waals surface area contributed by atoms with Gasteiger partial charge in [-0.15, -0.1) is 0 Å². The molecule has 6 nitrogen and oxygen atoms in total. The van der Waals surface area contributed by atoms with Crippen molar-refractivity contribution in [1.29, 1.82) is 0 Å². The van der Waals surface area contributed by atoms with Gasteiger partial charge in [-0.3, -0.25) is 0 Å². The number of aliphatic hydroxyl groups excluding tert-OH is 2. The van der Waals surface area contributed by atoms with Crippen molar-refractivity contribution in [3.63, 3.8) is 0 Å². The second-order valence-electron chi connectivity index (χ2n) is 4.66. The minimum Gasteiger partial charge on any atom is -0.450 e. The molecule has 1 aliphatic heterocycles. The molecule has 0 unspecified atom stereocenters. The first-order valence-corrected chi connectivity index (χ1v) is 6.35. The highest BCUT2D eigenvalue weighted by Gasteiger charge is 2.45. The van der Waals surface area contributed by atoms with E-state index in [1.54, 1.807) is 37.3 Å². The van der Waals surface area contributed by atoms with Gasteiger partial charge in [-0.1, -0.05) is 18.2 Å². The molecule has 20 heavy (non-hydrogen) atoms. The minimum absolute atomic E-state index is 0.350. The lowest BCUT2D eigenvalue weighted by atomic mass is 10.00. The van der Waals surface area contributed by atoms with Crippen molar-refractivity contribution in [2.24, 2.45) is 0 Å². The highest BCUT2D eigenvalue weighted by atomic mass is 16.7. The fraction of sp³-hybridized carbons (Fsp3) is 0.500. The summed E-state index contributed by atoms with van der Waals surface area (Å²) in [7, 11) is 1.38. The SMILES string of the molecule is CO[C@H]1O[C@H](C)[C@H](O)[C@H](O)[C@H]1OC(=O)c1ccccc1. The van der Waals surface area contributed by atoms with E-state index in [0.29, 0.717) is 5.56 Å². The summed E-state index contributed by atoms with van der Waals surface area (Å²) in [5.41, 5.74) is 0.350. The predicted octanol–water partition coefficient (Wildman–Crippen LogP) is 0.325. The molecule has 2 N–H and O–H groups in total. The molecular weight excluding hydrogens is 264 g/mol. The molecular formula is C14H18O6. The molecule has 1 aromatic carbocycles. The molecule has 5 atom stereocenters. The van der Waals surface area contributed by atoms with E-state index in [1.165, 1.54) is 7.11 Å². The zero-order chi connectivity index (χ0) is 14.7. The maximum atomic E-state index is 12.0. The van der Waals surface area contributed by atoms with Gasteiger partial charge in [-0.25, -0.2) is 4.79 Å². The Morgan fingerprint density at radius 2 is 1.85 bits per heavy atom. The predicted molar refractivity (Wildman–Crippen MR) is 69.0 cm³/mol. The number of methoxy groups -OCH3 is 1. The third-order valence-electron chi connectivity index (χ3n) is 3.27. The van der Waals surface area contributed by atoms with E-state index in [0.717, 1.165) is 0 Å². The monoisotopic (exact) mass is 282 g/mol. The van der Waals surface area contributed by atoms with Gasteiger partial charge in [0.15, 0.2) is 12.4 Å². The van der Waals surface area contributed by atoms with Crippen LogP contribution in [0.15, 0.2) is 30.3 Å². The van der Waals surface area contributed by atoms with Gasteiger partial charge in [0.1, 0.15) is 12.2 Å². The molecule has 110 valence electrons. The first-order valence-electron chi connectivity index (χ1n) is 6.35. The number of carbonyl (C=O) groups excluding carboxylic acids is 1. The number of aliphatic hydroxyl groups is 2. The van der Waals surface area contributed by atoms with E-state index >= 15 is 0 Å². The number of hydrogen-bond donors (Lipinski definition) is 2. The molecule has 1 aliphatic rings. The fourth-order valence-corrected chi connectivity index (χ4v) is 2.08. The molecule has 2 rings (SSSR count). The van der Waals surface area contributed by atoms with Crippen molar-refractivity contribution in [3.05, 3.63) is 35.9 Å². The lowest BCUT2D eigenvalue weighted by Crippen LogP contribution is -2.58. The zero-order valence-electron chi connectivity index (χ0n) is 11.3. The average Bonchev–Trinajstić information content (AvgIpc) is 2.48. The normalized spacial score (nSPS) is 33.7. The summed E-state index contributed by atoms with van der Waals surface area (Å²) in [6.45, 7) is 1.61. The molecule has 6 heteroatoms. The van der Waals surface area contributed by atoms with Crippen LogP contribution in [0.5, 0.6) is 0 Å².